The quantitative estimate of drug-likeness (QED) is 0.347. The highest BCUT2D eigenvalue weighted by Gasteiger charge is 2.15. The summed E-state index contributed by atoms with van der Waals surface area (Å²) in [5.74, 6) is -0.601. The van der Waals surface area contributed by atoms with Crippen molar-refractivity contribution in [2.24, 2.45) is 0 Å². The molecule has 2 aromatic rings. The second-order valence-electron chi connectivity index (χ2n) is 5.82. The van der Waals surface area contributed by atoms with Crippen molar-refractivity contribution in [2.45, 2.75) is 20.0 Å². The molecule has 0 fully saturated rings. The van der Waals surface area contributed by atoms with E-state index in [-0.39, 0.29) is 17.2 Å². The van der Waals surface area contributed by atoms with Crippen molar-refractivity contribution in [3.63, 3.8) is 0 Å². The van der Waals surface area contributed by atoms with Crippen LogP contribution in [0.15, 0.2) is 48.0 Å². The molecule has 2 N–H and O–H groups in total. The Bertz CT molecular complexity index is 945. The molecule has 0 heterocycles. The Kier molecular flexibility index (Phi) is 6.12. The zero-order chi connectivity index (χ0) is 20.0. The van der Waals surface area contributed by atoms with Crippen molar-refractivity contribution >= 4 is 23.4 Å². The average Bonchev–Trinajstić information content (AvgIpc) is 2.60. The molecule has 0 radical (unpaired) electrons. The van der Waals surface area contributed by atoms with Gasteiger partial charge in [0.1, 0.15) is 17.4 Å². The van der Waals surface area contributed by atoms with E-state index in [1.165, 1.54) is 12.1 Å². The molecule has 0 unspecified atom stereocenters. The fourth-order valence-electron chi connectivity index (χ4n) is 2.21. The molecule has 0 saturated carbocycles. The molecule has 0 aliphatic carbocycles. The third-order valence-electron chi connectivity index (χ3n) is 3.34. The Hall–Kier alpha value is -3.86. The number of rotatable bonds is 6. The molecule has 0 aromatic heterocycles. The van der Waals surface area contributed by atoms with E-state index in [0.717, 1.165) is 12.1 Å². The molecule has 2 aromatic carbocycles. The third kappa shape index (κ3) is 5.31. The lowest BCUT2D eigenvalue weighted by atomic mass is 10.1. The van der Waals surface area contributed by atoms with Gasteiger partial charge < -0.3 is 15.2 Å². The Balaban J connectivity index is 2.24. The fourth-order valence-corrected chi connectivity index (χ4v) is 2.21. The van der Waals surface area contributed by atoms with Gasteiger partial charge in [-0.15, -0.1) is 0 Å². The van der Waals surface area contributed by atoms with Crippen LogP contribution in [0, 0.1) is 21.4 Å². The second kappa shape index (κ2) is 8.49. The highest BCUT2D eigenvalue weighted by atomic mass is 16.6. The van der Waals surface area contributed by atoms with Gasteiger partial charge in [-0.3, -0.25) is 14.9 Å². The summed E-state index contributed by atoms with van der Waals surface area (Å²) >= 11 is 0. The maximum Gasteiger partial charge on any atom is 0.311 e. The molecule has 0 atom stereocenters. The van der Waals surface area contributed by atoms with E-state index in [0.29, 0.717) is 11.4 Å². The summed E-state index contributed by atoms with van der Waals surface area (Å²) in [6.45, 7) is 3.75. The summed E-state index contributed by atoms with van der Waals surface area (Å²) in [5.41, 5.74) is -0.0794. The highest BCUT2D eigenvalue weighted by molar-refractivity contribution is 6.09. The number of hydrogen-bond acceptors (Lipinski definition) is 6. The number of nitrogens with one attached hydrogen (secondary N) is 1. The van der Waals surface area contributed by atoms with E-state index in [1.54, 1.807) is 30.3 Å². The molecule has 27 heavy (non-hydrogen) atoms. The van der Waals surface area contributed by atoms with Crippen molar-refractivity contribution in [2.75, 3.05) is 5.32 Å². The van der Waals surface area contributed by atoms with E-state index in [9.17, 15) is 25.3 Å². The lowest BCUT2D eigenvalue weighted by Gasteiger charge is -2.11. The first-order valence-corrected chi connectivity index (χ1v) is 7.97. The lowest BCUT2D eigenvalue weighted by Crippen LogP contribution is -2.13. The first kappa shape index (κ1) is 19.5. The number of nitro benzene ring substituents is 1. The maximum absolute atomic E-state index is 12.3. The highest BCUT2D eigenvalue weighted by Crippen LogP contribution is 2.27. The number of phenols is 1. The van der Waals surface area contributed by atoms with Crippen molar-refractivity contribution in [3.05, 3.63) is 63.7 Å². The number of nitrogens with zero attached hydrogens (tertiary/aromatic N) is 2. The van der Waals surface area contributed by atoms with Crippen LogP contribution in [0.4, 0.5) is 11.4 Å². The van der Waals surface area contributed by atoms with E-state index < -0.39 is 22.3 Å². The molecular formula is C19H17N3O5. The van der Waals surface area contributed by atoms with Gasteiger partial charge in [0.15, 0.2) is 5.75 Å². The van der Waals surface area contributed by atoms with Gasteiger partial charge in [0.05, 0.1) is 11.0 Å². The zero-order valence-corrected chi connectivity index (χ0v) is 14.7. The molecule has 0 bridgehead atoms. The minimum atomic E-state index is -0.751. The van der Waals surface area contributed by atoms with Gasteiger partial charge in [0.2, 0.25) is 0 Å². The molecule has 1 amide bonds. The van der Waals surface area contributed by atoms with E-state index in [1.807, 2.05) is 13.8 Å². The van der Waals surface area contributed by atoms with Crippen molar-refractivity contribution < 1.29 is 19.6 Å². The molecule has 0 spiro atoms. The second-order valence-corrected chi connectivity index (χ2v) is 5.82. The number of nitro groups is 1. The van der Waals surface area contributed by atoms with Crippen molar-refractivity contribution in [1.82, 2.24) is 0 Å². The van der Waals surface area contributed by atoms with Gasteiger partial charge in [-0.25, -0.2) is 0 Å². The average molecular weight is 367 g/mol. The molecular weight excluding hydrogens is 350 g/mol. The van der Waals surface area contributed by atoms with Gasteiger partial charge >= 0.3 is 5.69 Å². The van der Waals surface area contributed by atoms with Gasteiger partial charge in [-0.2, -0.15) is 5.26 Å². The number of benzene rings is 2. The number of ether oxygens (including phenoxy) is 1. The minimum Gasteiger partial charge on any atom is -0.502 e. The van der Waals surface area contributed by atoms with Gasteiger partial charge in [0.25, 0.3) is 5.91 Å². The molecule has 0 aliphatic rings. The van der Waals surface area contributed by atoms with Crippen LogP contribution in [0.25, 0.3) is 6.08 Å². The maximum atomic E-state index is 12.3. The van der Waals surface area contributed by atoms with Crippen LogP contribution in [0.5, 0.6) is 11.5 Å². The van der Waals surface area contributed by atoms with E-state index >= 15 is 0 Å². The number of hydrogen-bond donors (Lipinski definition) is 2. The van der Waals surface area contributed by atoms with Crippen LogP contribution >= 0.6 is 0 Å². The molecule has 0 aliphatic heterocycles. The summed E-state index contributed by atoms with van der Waals surface area (Å²) < 4.78 is 5.55. The predicted molar refractivity (Wildman–Crippen MR) is 99.2 cm³/mol. The molecule has 8 nitrogen and oxygen atoms in total. The van der Waals surface area contributed by atoms with E-state index in [4.69, 9.17) is 4.74 Å². The Morgan fingerprint density at radius 1 is 1.33 bits per heavy atom. The Morgan fingerprint density at radius 3 is 2.70 bits per heavy atom. The van der Waals surface area contributed by atoms with Crippen LogP contribution in [-0.2, 0) is 4.79 Å². The van der Waals surface area contributed by atoms with E-state index in [2.05, 4.69) is 5.32 Å². The molecule has 138 valence electrons. The number of nitriles is 1. The number of anilines is 1. The standard InChI is InChI=1S/C19H17N3O5/c1-12(2)27-16-5-3-4-15(10-16)21-19(24)14(11-20)8-13-6-7-18(23)17(9-13)22(25)26/h3-10,12,23H,1-2H3,(H,21,24)/b14-8-. The smallest absolute Gasteiger partial charge is 0.311 e. The van der Waals surface area contributed by atoms with Crippen LogP contribution < -0.4 is 10.1 Å². The van der Waals surface area contributed by atoms with Gasteiger partial charge in [-0.1, -0.05) is 12.1 Å². The largest absolute Gasteiger partial charge is 0.502 e. The number of carbonyl (C=O) groups is 1. The SMILES string of the molecule is CC(C)Oc1cccc(NC(=O)/C(C#N)=C\c2ccc(O)c([N+](=O)[O-])c2)c1. The first-order chi connectivity index (χ1) is 12.8. The fraction of sp³-hybridized carbons (Fsp3) is 0.158. The number of amides is 1. The normalized spacial score (nSPS) is 11.0. The van der Waals surface area contributed by atoms with Crippen molar-refractivity contribution in [3.8, 4) is 17.6 Å². The summed E-state index contributed by atoms with van der Waals surface area (Å²) in [4.78, 5) is 22.5. The summed E-state index contributed by atoms with van der Waals surface area (Å²) in [7, 11) is 0. The third-order valence-corrected chi connectivity index (χ3v) is 3.34. The Labute approximate surface area is 155 Å². The van der Waals surface area contributed by atoms with Crippen LogP contribution in [0.1, 0.15) is 19.4 Å². The molecule has 2 rings (SSSR count). The topological polar surface area (TPSA) is 125 Å². The summed E-state index contributed by atoms with van der Waals surface area (Å²) in [6, 6.07) is 12.1. The summed E-state index contributed by atoms with van der Waals surface area (Å²) in [6.07, 6.45) is 1.17. The number of carbonyl (C=O) groups excluding carboxylic acids is 1. The minimum absolute atomic E-state index is 0.0317. The number of aromatic hydroxyl groups is 1. The Morgan fingerprint density at radius 2 is 2.07 bits per heavy atom. The van der Waals surface area contributed by atoms with Crippen LogP contribution in [0.3, 0.4) is 0 Å². The monoisotopic (exact) mass is 367 g/mol. The lowest BCUT2D eigenvalue weighted by molar-refractivity contribution is -0.385. The summed E-state index contributed by atoms with van der Waals surface area (Å²) in [5, 5.41) is 32.2. The van der Waals surface area contributed by atoms with Gasteiger partial charge in [-0.05, 0) is 43.7 Å². The molecule has 8 heteroatoms. The first-order valence-electron chi connectivity index (χ1n) is 7.97. The van der Waals surface area contributed by atoms with Crippen molar-refractivity contribution in [1.29, 1.82) is 5.26 Å². The van der Waals surface area contributed by atoms with Crippen LogP contribution in [-0.4, -0.2) is 22.0 Å². The zero-order valence-electron chi connectivity index (χ0n) is 14.7. The van der Waals surface area contributed by atoms with Gasteiger partial charge in [0, 0.05) is 17.8 Å². The molecule has 0 saturated heterocycles. The predicted octanol–water partition coefficient (Wildman–Crippen LogP) is 3.63. The number of phenolic OH excluding ortho intramolecular Hbond substituents is 1. The van der Waals surface area contributed by atoms with Crippen LogP contribution in [0.2, 0.25) is 0 Å².